The Morgan fingerprint density at radius 3 is 2.69 bits per heavy atom. The molecule has 0 bridgehead atoms. The standard InChI is InChI=1S/C19H19N3O4/c1-12-4-3-5-15(8-12)21-11-14(9-18(21)23)19(24)20-17-10-16(22(25)26)7-6-13(17)2/h3-8,10,14H,9,11H2,1-2H3,(H,20,24). The zero-order valence-corrected chi connectivity index (χ0v) is 14.6. The Morgan fingerprint density at radius 2 is 2.00 bits per heavy atom. The molecule has 1 fully saturated rings. The van der Waals surface area contributed by atoms with E-state index in [1.165, 1.54) is 12.1 Å². The zero-order chi connectivity index (χ0) is 18.8. The zero-order valence-electron chi connectivity index (χ0n) is 14.6. The molecule has 0 saturated carbocycles. The summed E-state index contributed by atoms with van der Waals surface area (Å²) in [5.41, 5.74) is 2.84. The average Bonchev–Trinajstić information content (AvgIpc) is 2.98. The molecule has 0 spiro atoms. The number of nitro benzene ring substituents is 1. The van der Waals surface area contributed by atoms with Crippen molar-refractivity contribution in [2.45, 2.75) is 20.3 Å². The summed E-state index contributed by atoms with van der Waals surface area (Å²) in [7, 11) is 0. The van der Waals surface area contributed by atoms with Crippen LogP contribution in [0.4, 0.5) is 17.1 Å². The van der Waals surface area contributed by atoms with E-state index in [4.69, 9.17) is 0 Å². The number of non-ortho nitro benzene ring substituents is 1. The van der Waals surface area contributed by atoms with Gasteiger partial charge in [-0.25, -0.2) is 0 Å². The summed E-state index contributed by atoms with van der Waals surface area (Å²) < 4.78 is 0. The van der Waals surface area contributed by atoms with Gasteiger partial charge in [0.15, 0.2) is 0 Å². The number of amides is 2. The first-order valence-corrected chi connectivity index (χ1v) is 8.28. The second-order valence-corrected chi connectivity index (χ2v) is 6.49. The fourth-order valence-electron chi connectivity index (χ4n) is 3.02. The lowest BCUT2D eigenvalue weighted by Crippen LogP contribution is -2.28. The van der Waals surface area contributed by atoms with E-state index in [9.17, 15) is 19.7 Å². The van der Waals surface area contributed by atoms with Crippen molar-refractivity contribution in [3.05, 3.63) is 63.7 Å². The fourth-order valence-corrected chi connectivity index (χ4v) is 3.02. The number of nitro groups is 1. The summed E-state index contributed by atoms with van der Waals surface area (Å²) in [6, 6.07) is 11.9. The minimum atomic E-state index is -0.506. The smallest absolute Gasteiger partial charge is 0.271 e. The van der Waals surface area contributed by atoms with Gasteiger partial charge in [-0.1, -0.05) is 18.2 Å². The largest absolute Gasteiger partial charge is 0.325 e. The number of rotatable bonds is 4. The molecule has 1 unspecified atom stereocenters. The molecule has 1 atom stereocenters. The molecule has 1 heterocycles. The average molecular weight is 353 g/mol. The van der Waals surface area contributed by atoms with Gasteiger partial charge >= 0.3 is 0 Å². The minimum Gasteiger partial charge on any atom is -0.325 e. The van der Waals surface area contributed by atoms with E-state index < -0.39 is 10.8 Å². The van der Waals surface area contributed by atoms with Gasteiger partial charge in [0.05, 0.1) is 16.5 Å². The van der Waals surface area contributed by atoms with E-state index >= 15 is 0 Å². The molecule has 7 nitrogen and oxygen atoms in total. The maximum absolute atomic E-state index is 12.6. The van der Waals surface area contributed by atoms with Crippen LogP contribution in [0, 0.1) is 29.9 Å². The van der Waals surface area contributed by atoms with Crippen LogP contribution in [0.1, 0.15) is 17.5 Å². The first-order chi connectivity index (χ1) is 12.3. The van der Waals surface area contributed by atoms with Crippen molar-refractivity contribution < 1.29 is 14.5 Å². The molecule has 0 aliphatic carbocycles. The Labute approximate surface area is 150 Å². The van der Waals surface area contributed by atoms with Crippen molar-refractivity contribution in [3.8, 4) is 0 Å². The first kappa shape index (κ1) is 17.6. The summed E-state index contributed by atoms with van der Waals surface area (Å²) in [5.74, 6) is -0.912. The molecule has 1 aliphatic heterocycles. The molecule has 134 valence electrons. The van der Waals surface area contributed by atoms with Crippen LogP contribution >= 0.6 is 0 Å². The number of benzene rings is 2. The van der Waals surface area contributed by atoms with Crippen molar-refractivity contribution in [1.29, 1.82) is 0 Å². The molecule has 1 aliphatic rings. The predicted octanol–water partition coefficient (Wildman–Crippen LogP) is 3.20. The normalized spacial score (nSPS) is 16.6. The number of carbonyl (C=O) groups is 2. The van der Waals surface area contributed by atoms with Crippen LogP contribution in [0.5, 0.6) is 0 Å². The lowest BCUT2D eigenvalue weighted by Gasteiger charge is -2.17. The third-order valence-corrected chi connectivity index (χ3v) is 4.50. The van der Waals surface area contributed by atoms with E-state index in [0.29, 0.717) is 12.2 Å². The third-order valence-electron chi connectivity index (χ3n) is 4.50. The van der Waals surface area contributed by atoms with E-state index in [2.05, 4.69) is 5.32 Å². The second kappa shape index (κ2) is 6.95. The van der Waals surface area contributed by atoms with Crippen molar-refractivity contribution in [2.24, 2.45) is 5.92 Å². The topological polar surface area (TPSA) is 92.6 Å². The number of carbonyl (C=O) groups excluding carboxylic acids is 2. The molecule has 1 N–H and O–H groups in total. The van der Waals surface area contributed by atoms with Crippen LogP contribution < -0.4 is 10.2 Å². The number of hydrogen-bond acceptors (Lipinski definition) is 4. The van der Waals surface area contributed by atoms with Gasteiger partial charge in [-0.3, -0.25) is 19.7 Å². The van der Waals surface area contributed by atoms with Crippen LogP contribution in [-0.4, -0.2) is 23.3 Å². The fraction of sp³-hybridized carbons (Fsp3) is 0.263. The van der Waals surface area contributed by atoms with Gasteiger partial charge in [-0.15, -0.1) is 0 Å². The molecule has 2 amide bonds. The summed E-state index contributed by atoms with van der Waals surface area (Å²) in [5, 5.41) is 13.6. The summed E-state index contributed by atoms with van der Waals surface area (Å²) in [6.45, 7) is 4.00. The number of hydrogen-bond donors (Lipinski definition) is 1. The highest BCUT2D eigenvalue weighted by atomic mass is 16.6. The van der Waals surface area contributed by atoms with Gasteiger partial charge in [-0.2, -0.15) is 0 Å². The van der Waals surface area contributed by atoms with Gasteiger partial charge in [0.1, 0.15) is 0 Å². The molecule has 0 aromatic heterocycles. The first-order valence-electron chi connectivity index (χ1n) is 8.28. The van der Waals surface area contributed by atoms with Gasteiger partial charge in [-0.05, 0) is 37.1 Å². The van der Waals surface area contributed by atoms with Crippen LogP contribution in [-0.2, 0) is 9.59 Å². The van der Waals surface area contributed by atoms with Crippen molar-refractivity contribution in [1.82, 2.24) is 0 Å². The number of aryl methyl sites for hydroxylation is 2. The van der Waals surface area contributed by atoms with Crippen LogP contribution in [0.15, 0.2) is 42.5 Å². The second-order valence-electron chi connectivity index (χ2n) is 6.49. The quantitative estimate of drug-likeness (QED) is 0.675. The Morgan fingerprint density at radius 1 is 1.23 bits per heavy atom. The number of anilines is 2. The van der Waals surface area contributed by atoms with E-state index in [-0.39, 0.29) is 23.9 Å². The Kier molecular flexibility index (Phi) is 4.71. The van der Waals surface area contributed by atoms with E-state index in [0.717, 1.165) is 16.8 Å². The Hall–Kier alpha value is -3.22. The van der Waals surface area contributed by atoms with Gasteiger partial charge in [0.2, 0.25) is 11.8 Å². The monoisotopic (exact) mass is 353 g/mol. The van der Waals surface area contributed by atoms with Crippen LogP contribution in [0.2, 0.25) is 0 Å². The Bertz CT molecular complexity index is 894. The Balaban J connectivity index is 1.75. The van der Waals surface area contributed by atoms with Crippen LogP contribution in [0.3, 0.4) is 0 Å². The molecule has 0 radical (unpaired) electrons. The van der Waals surface area contributed by atoms with Crippen molar-refractivity contribution in [3.63, 3.8) is 0 Å². The highest BCUT2D eigenvalue weighted by molar-refractivity contribution is 6.03. The molecule has 26 heavy (non-hydrogen) atoms. The van der Waals surface area contributed by atoms with Crippen molar-refractivity contribution in [2.75, 3.05) is 16.8 Å². The summed E-state index contributed by atoms with van der Waals surface area (Å²) in [4.78, 5) is 36.9. The molecule has 2 aromatic rings. The molecule has 3 rings (SSSR count). The molecular weight excluding hydrogens is 334 g/mol. The lowest BCUT2D eigenvalue weighted by atomic mass is 10.1. The maximum Gasteiger partial charge on any atom is 0.271 e. The van der Waals surface area contributed by atoms with Gasteiger partial charge in [0.25, 0.3) is 5.69 Å². The predicted molar refractivity (Wildman–Crippen MR) is 98.1 cm³/mol. The molecule has 1 saturated heterocycles. The lowest BCUT2D eigenvalue weighted by molar-refractivity contribution is -0.384. The summed E-state index contributed by atoms with van der Waals surface area (Å²) in [6.07, 6.45) is 0.119. The molecule has 7 heteroatoms. The van der Waals surface area contributed by atoms with E-state index in [1.54, 1.807) is 17.9 Å². The van der Waals surface area contributed by atoms with Crippen LogP contribution in [0.25, 0.3) is 0 Å². The van der Waals surface area contributed by atoms with Gasteiger partial charge < -0.3 is 10.2 Å². The van der Waals surface area contributed by atoms with E-state index in [1.807, 2.05) is 31.2 Å². The SMILES string of the molecule is Cc1cccc(N2CC(C(=O)Nc3cc([N+](=O)[O-])ccc3C)CC2=O)c1. The van der Waals surface area contributed by atoms with Gasteiger partial charge in [0, 0.05) is 30.8 Å². The highest BCUT2D eigenvalue weighted by Gasteiger charge is 2.35. The minimum absolute atomic E-state index is 0.0882. The third kappa shape index (κ3) is 3.56. The maximum atomic E-state index is 12.6. The molecule has 2 aromatic carbocycles. The summed E-state index contributed by atoms with van der Waals surface area (Å²) >= 11 is 0. The number of nitrogens with one attached hydrogen (secondary N) is 1. The molecular formula is C19H19N3O4. The van der Waals surface area contributed by atoms with Crippen molar-refractivity contribution >= 4 is 28.9 Å². The number of nitrogens with zero attached hydrogens (tertiary/aromatic N) is 2. The highest BCUT2D eigenvalue weighted by Crippen LogP contribution is 2.28.